The quantitative estimate of drug-likeness (QED) is 0.829. The normalized spacial score (nSPS) is 27.4. The fourth-order valence-corrected chi connectivity index (χ4v) is 4.89. The number of piperidine rings is 1. The minimum atomic E-state index is 0.205. The van der Waals surface area contributed by atoms with E-state index in [-0.39, 0.29) is 5.92 Å². The van der Waals surface area contributed by atoms with E-state index in [4.69, 9.17) is 0 Å². The highest BCUT2D eigenvalue weighted by Crippen LogP contribution is 2.37. The molecule has 2 saturated heterocycles. The number of likely N-dealkylation sites (tertiary alicyclic amines) is 1. The average Bonchev–Trinajstić information content (AvgIpc) is 3.08. The number of rotatable bonds is 2. The van der Waals surface area contributed by atoms with Gasteiger partial charge in [0.1, 0.15) is 0 Å². The summed E-state index contributed by atoms with van der Waals surface area (Å²) >= 11 is 0. The third kappa shape index (κ3) is 3.38. The molecule has 0 N–H and O–H groups in total. The Morgan fingerprint density at radius 1 is 1.00 bits per heavy atom. The number of hydrogen-bond acceptors (Lipinski definition) is 4. The first-order valence-electron chi connectivity index (χ1n) is 9.96. The first kappa shape index (κ1) is 16.8. The molecular weight excluding hydrogens is 312 g/mol. The van der Waals surface area contributed by atoms with E-state index in [0.29, 0.717) is 5.91 Å². The molecule has 0 bridgehead atoms. The Balaban J connectivity index is 1.34. The molecule has 0 aromatic carbocycles. The van der Waals surface area contributed by atoms with Gasteiger partial charge >= 0.3 is 0 Å². The van der Waals surface area contributed by atoms with Crippen LogP contribution in [-0.4, -0.2) is 47.2 Å². The molecule has 1 amide bonds. The van der Waals surface area contributed by atoms with Crippen molar-refractivity contribution in [3.63, 3.8) is 0 Å². The maximum atomic E-state index is 13.0. The van der Waals surface area contributed by atoms with Gasteiger partial charge in [-0.15, -0.1) is 5.10 Å². The van der Waals surface area contributed by atoms with E-state index < -0.39 is 0 Å². The van der Waals surface area contributed by atoms with E-state index in [1.54, 1.807) is 0 Å². The van der Waals surface area contributed by atoms with Gasteiger partial charge in [0.25, 0.3) is 0 Å². The largest absolute Gasteiger partial charge is 0.355 e. The number of aromatic nitrogens is 2. The maximum absolute atomic E-state index is 13.0. The molecule has 2 atom stereocenters. The van der Waals surface area contributed by atoms with Crippen molar-refractivity contribution < 1.29 is 4.79 Å². The van der Waals surface area contributed by atoms with Crippen molar-refractivity contribution in [3.05, 3.63) is 17.3 Å². The van der Waals surface area contributed by atoms with Crippen LogP contribution < -0.4 is 4.90 Å². The predicted octanol–water partition coefficient (Wildman–Crippen LogP) is 2.96. The molecule has 4 rings (SSSR count). The molecule has 3 fully saturated rings. The van der Waals surface area contributed by atoms with Crippen molar-refractivity contribution in [2.75, 3.05) is 31.1 Å². The van der Waals surface area contributed by atoms with Gasteiger partial charge in [-0.05, 0) is 63.0 Å². The molecule has 1 aliphatic carbocycles. The number of nitrogens with zero attached hydrogens (tertiary/aromatic N) is 4. The number of hydrogen-bond donors (Lipinski definition) is 0. The van der Waals surface area contributed by atoms with Gasteiger partial charge in [0.15, 0.2) is 5.82 Å². The van der Waals surface area contributed by atoms with Gasteiger partial charge in [-0.2, -0.15) is 5.10 Å². The molecular formula is C20H30N4O. The van der Waals surface area contributed by atoms with Crippen molar-refractivity contribution >= 4 is 11.7 Å². The molecule has 1 aromatic rings. The van der Waals surface area contributed by atoms with Crippen molar-refractivity contribution in [3.8, 4) is 0 Å². The molecule has 1 saturated carbocycles. The lowest BCUT2D eigenvalue weighted by Gasteiger charge is -2.33. The van der Waals surface area contributed by atoms with Gasteiger partial charge in [-0.1, -0.05) is 12.8 Å². The van der Waals surface area contributed by atoms with E-state index in [9.17, 15) is 4.79 Å². The van der Waals surface area contributed by atoms with Crippen LogP contribution in [-0.2, 0) is 4.79 Å². The summed E-state index contributed by atoms with van der Waals surface area (Å²) < 4.78 is 0. The van der Waals surface area contributed by atoms with Crippen LogP contribution >= 0.6 is 0 Å². The minimum Gasteiger partial charge on any atom is -0.355 e. The summed E-state index contributed by atoms with van der Waals surface area (Å²) in [6.45, 7) is 7.93. The Kier molecular flexibility index (Phi) is 4.65. The summed E-state index contributed by atoms with van der Waals surface area (Å²) in [4.78, 5) is 17.4. The van der Waals surface area contributed by atoms with E-state index >= 15 is 0 Å². The highest BCUT2D eigenvalue weighted by Gasteiger charge is 2.39. The molecule has 0 radical (unpaired) electrons. The van der Waals surface area contributed by atoms with E-state index in [1.807, 2.05) is 6.92 Å². The van der Waals surface area contributed by atoms with E-state index in [2.05, 4.69) is 33.0 Å². The molecule has 136 valence electrons. The summed E-state index contributed by atoms with van der Waals surface area (Å²) in [6.07, 6.45) is 7.27. The van der Waals surface area contributed by atoms with Crippen LogP contribution in [0.15, 0.2) is 6.07 Å². The molecule has 25 heavy (non-hydrogen) atoms. The standard InChI is InChI=1S/C20H30N4O/c1-14-11-19(22-21-15(14)2)23-9-7-16(8-10-23)20(25)24-12-17-5-3-4-6-18(17)13-24/h11,16-18H,3-10,12-13H2,1-2H3. The fourth-order valence-electron chi connectivity index (χ4n) is 4.89. The third-order valence-corrected chi connectivity index (χ3v) is 6.67. The monoisotopic (exact) mass is 342 g/mol. The molecule has 5 heteroatoms. The minimum absolute atomic E-state index is 0.205. The summed E-state index contributed by atoms with van der Waals surface area (Å²) in [5.41, 5.74) is 2.17. The van der Waals surface area contributed by atoms with Gasteiger partial charge in [0, 0.05) is 32.1 Å². The predicted molar refractivity (Wildman–Crippen MR) is 98.5 cm³/mol. The first-order valence-corrected chi connectivity index (χ1v) is 9.96. The van der Waals surface area contributed by atoms with Crippen LogP contribution in [0.3, 0.4) is 0 Å². The highest BCUT2D eigenvalue weighted by atomic mass is 16.2. The van der Waals surface area contributed by atoms with Gasteiger partial charge in [-0.3, -0.25) is 4.79 Å². The number of fused-ring (bicyclic) bond motifs is 1. The van der Waals surface area contributed by atoms with E-state index in [0.717, 1.165) is 62.4 Å². The van der Waals surface area contributed by atoms with Crippen molar-refractivity contribution in [2.45, 2.75) is 52.4 Å². The van der Waals surface area contributed by atoms with Crippen LogP contribution in [0.25, 0.3) is 0 Å². The Bertz CT molecular complexity index is 625. The maximum Gasteiger partial charge on any atom is 0.225 e. The van der Waals surface area contributed by atoms with Crippen LogP contribution in [0.2, 0.25) is 0 Å². The Morgan fingerprint density at radius 3 is 2.24 bits per heavy atom. The van der Waals surface area contributed by atoms with Crippen molar-refractivity contribution in [1.82, 2.24) is 15.1 Å². The number of carbonyl (C=O) groups excluding carboxylic acids is 1. The lowest BCUT2D eigenvalue weighted by Crippen LogP contribution is -2.42. The number of aryl methyl sites for hydroxylation is 2. The van der Waals surface area contributed by atoms with Crippen LogP contribution in [0, 0.1) is 31.6 Å². The zero-order chi connectivity index (χ0) is 17.4. The van der Waals surface area contributed by atoms with Crippen LogP contribution in [0.1, 0.15) is 49.8 Å². The lowest BCUT2D eigenvalue weighted by atomic mass is 9.82. The second kappa shape index (κ2) is 6.93. The second-order valence-corrected chi connectivity index (χ2v) is 8.28. The van der Waals surface area contributed by atoms with Gasteiger partial charge in [-0.25, -0.2) is 0 Å². The molecule has 3 heterocycles. The highest BCUT2D eigenvalue weighted by molar-refractivity contribution is 5.79. The number of amides is 1. The van der Waals surface area contributed by atoms with E-state index in [1.165, 1.54) is 31.2 Å². The number of carbonyl (C=O) groups is 1. The summed E-state index contributed by atoms with van der Waals surface area (Å²) in [7, 11) is 0. The SMILES string of the molecule is Cc1cc(N2CCC(C(=O)N3CC4CCCCC4C3)CC2)nnc1C. The smallest absolute Gasteiger partial charge is 0.225 e. The zero-order valence-electron chi connectivity index (χ0n) is 15.6. The average molecular weight is 342 g/mol. The zero-order valence-corrected chi connectivity index (χ0v) is 15.6. The second-order valence-electron chi connectivity index (χ2n) is 8.28. The fraction of sp³-hybridized carbons (Fsp3) is 0.750. The van der Waals surface area contributed by atoms with Gasteiger partial charge < -0.3 is 9.80 Å². The molecule has 3 aliphatic rings. The Morgan fingerprint density at radius 2 is 1.64 bits per heavy atom. The van der Waals surface area contributed by atoms with Crippen LogP contribution in [0.4, 0.5) is 5.82 Å². The Labute approximate surface area is 150 Å². The first-order chi connectivity index (χ1) is 12.1. The number of anilines is 1. The van der Waals surface area contributed by atoms with Crippen molar-refractivity contribution in [1.29, 1.82) is 0 Å². The van der Waals surface area contributed by atoms with Crippen LogP contribution in [0.5, 0.6) is 0 Å². The molecule has 5 nitrogen and oxygen atoms in total. The van der Waals surface area contributed by atoms with Gasteiger partial charge in [0.05, 0.1) is 5.69 Å². The molecule has 2 aliphatic heterocycles. The molecule has 1 aromatic heterocycles. The van der Waals surface area contributed by atoms with Gasteiger partial charge in [0.2, 0.25) is 5.91 Å². The summed E-state index contributed by atoms with van der Waals surface area (Å²) in [5.74, 6) is 3.14. The summed E-state index contributed by atoms with van der Waals surface area (Å²) in [6, 6.07) is 2.12. The topological polar surface area (TPSA) is 49.3 Å². The lowest BCUT2D eigenvalue weighted by molar-refractivity contribution is -0.135. The van der Waals surface area contributed by atoms with Crippen molar-refractivity contribution in [2.24, 2.45) is 17.8 Å². The Hall–Kier alpha value is -1.65. The summed E-state index contributed by atoms with van der Waals surface area (Å²) in [5, 5.41) is 8.59. The molecule has 0 spiro atoms. The molecule has 2 unspecified atom stereocenters. The third-order valence-electron chi connectivity index (χ3n) is 6.67.